The number of halogens is 4. The molecule has 5 aromatic rings. The van der Waals surface area contributed by atoms with Crippen LogP contribution in [0.2, 0.25) is 5.02 Å². The summed E-state index contributed by atoms with van der Waals surface area (Å²) in [7, 11) is 0. The van der Waals surface area contributed by atoms with Crippen LogP contribution >= 0.6 is 11.6 Å². The Kier molecular flexibility index (Phi) is 10.2. The minimum Gasteiger partial charge on any atom is -0.494 e. The van der Waals surface area contributed by atoms with E-state index in [1.807, 2.05) is 53.1 Å². The van der Waals surface area contributed by atoms with Crippen molar-refractivity contribution in [3.8, 4) is 16.9 Å². The number of alkyl halides is 3. The number of hydrogen-bond acceptors (Lipinski definition) is 3. The number of aromatic amines is 1. The fourth-order valence-corrected chi connectivity index (χ4v) is 6.28. The predicted octanol–water partition coefficient (Wildman–Crippen LogP) is 10.8. The summed E-state index contributed by atoms with van der Waals surface area (Å²) in [5.74, 6) is 0.778. The number of benzene rings is 3. The fourth-order valence-electron chi connectivity index (χ4n) is 5.96. The van der Waals surface area contributed by atoms with E-state index >= 15 is 0 Å². The Morgan fingerprint density at radius 2 is 1.57 bits per heavy atom. The lowest BCUT2D eigenvalue weighted by molar-refractivity contribution is -0.135. The van der Waals surface area contributed by atoms with Gasteiger partial charge >= 0.3 is 11.9 Å². The molecule has 0 fully saturated rings. The molecule has 0 amide bonds. The van der Waals surface area contributed by atoms with Crippen molar-refractivity contribution in [3.05, 3.63) is 70.1 Å². The lowest BCUT2D eigenvalue weighted by atomic mass is 10.0. The monoisotopic (exact) mass is 625 g/mol. The minimum atomic E-state index is -4.04. The minimum absolute atomic E-state index is 0.0994. The van der Waals surface area contributed by atoms with Crippen molar-refractivity contribution >= 4 is 44.4 Å². The van der Waals surface area contributed by atoms with E-state index in [1.54, 1.807) is 0 Å². The largest absolute Gasteiger partial charge is 0.494 e. The van der Waals surface area contributed by atoms with E-state index in [0.717, 1.165) is 89.1 Å². The molecule has 5 nitrogen and oxygen atoms in total. The number of unbranched alkanes of at least 4 members (excludes halogenated alkanes) is 6. The number of nitrogens with one attached hydrogen (secondary N) is 1. The molecule has 0 saturated heterocycles. The van der Waals surface area contributed by atoms with Gasteiger partial charge in [-0.05, 0) is 61.6 Å². The van der Waals surface area contributed by atoms with Crippen molar-refractivity contribution in [1.29, 1.82) is 0 Å². The summed E-state index contributed by atoms with van der Waals surface area (Å²) in [5, 5.41) is 2.45. The van der Waals surface area contributed by atoms with Gasteiger partial charge in [0, 0.05) is 28.8 Å². The summed E-state index contributed by atoms with van der Waals surface area (Å²) in [6.07, 6.45) is 2.61. The van der Waals surface area contributed by atoms with Crippen LogP contribution < -0.4 is 10.4 Å². The van der Waals surface area contributed by atoms with E-state index in [9.17, 15) is 18.0 Å². The van der Waals surface area contributed by atoms with Crippen molar-refractivity contribution in [1.82, 2.24) is 14.5 Å². The Hall–Kier alpha value is -3.52. The quantitative estimate of drug-likeness (QED) is 0.0986. The van der Waals surface area contributed by atoms with Crippen LogP contribution in [0.25, 0.3) is 44.0 Å². The topological polar surface area (TPSA) is 59.9 Å². The Labute approximate surface area is 260 Å². The van der Waals surface area contributed by atoms with Gasteiger partial charge in [0.15, 0.2) is 0 Å². The average molecular weight is 626 g/mol. The van der Waals surface area contributed by atoms with Crippen molar-refractivity contribution in [2.45, 2.75) is 90.3 Å². The summed E-state index contributed by atoms with van der Waals surface area (Å²) in [6.45, 7) is 4.79. The van der Waals surface area contributed by atoms with E-state index in [1.165, 1.54) is 0 Å². The second-order valence-electron chi connectivity index (χ2n) is 11.5. The molecule has 0 aliphatic heterocycles. The smallest absolute Gasteiger partial charge is 0.389 e. The Bertz CT molecular complexity index is 1770. The highest BCUT2D eigenvalue weighted by atomic mass is 35.5. The molecular formula is C35H39ClF3N3O2. The molecule has 3 aromatic carbocycles. The first kappa shape index (κ1) is 31.9. The number of nitrogens with zero attached hydrogens (tertiary/aromatic N) is 2. The number of fused-ring (bicyclic) bond motifs is 3. The summed E-state index contributed by atoms with van der Waals surface area (Å²) in [6, 6.07) is 18.1. The molecule has 0 atom stereocenters. The lowest BCUT2D eigenvalue weighted by Gasteiger charge is -2.14. The molecule has 2 aromatic heterocycles. The molecule has 0 radical (unpaired) electrons. The number of hydrogen-bond donors (Lipinski definition) is 1. The summed E-state index contributed by atoms with van der Waals surface area (Å²) >= 11 is 6.93. The van der Waals surface area contributed by atoms with Crippen LogP contribution in [-0.4, -0.2) is 27.3 Å². The maximum absolute atomic E-state index is 12.8. The van der Waals surface area contributed by atoms with Crippen molar-refractivity contribution in [2.75, 3.05) is 6.61 Å². The zero-order chi connectivity index (χ0) is 31.3. The predicted molar refractivity (Wildman–Crippen MR) is 174 cm³/mol. The van der Waals surface area contributed by atoms with Crippen molar-refractivity contribution < 1.29 is 17.9 Å². The first-order valence-corrected chi connectivity index (χ1v) is 16.0. The molecule has 0 spiro atoms. The van der Waals surface area contributed by atoms with Gasteiger partial charge in [-0.2, -0.15) is 13.2 Å². The van der Waals surface area contributed by atoms with Gasteiger partial charge in [-0.3, -0.25) is 4.57 Å². The maximum atomic E-state index is 12.8. The summed E-state index contributed by atoms with van der Waals surface area (Å²) < 4.78 is 44.3. The molecule has 2 heterocycles. The number of rotatable bonds is 14. The molecule has 234 valence electrons. The highest BCUT2D eigenvalue weighted by Gasteiger charge is 2.25. The molecule has 0 saturated carbocycles. The Morgan fingerprint density at radius 3 is 2.25 bits per heavy atom. The van der Waals surface area contributed by atoms with Crippen LogP contribution in [0.5, 0.6) is 5.75 Å². The third kappa shape index (κ3) is 7.40. The molecule has 0 unspecified atom stereocenters. The lowest BCUT2D eigenvalue weighted by Crippen LogP contribution is -2.21. The average Bonchev–Trinajstić information content (AvgIpc) is 3.31. The maximum Gasteiger partial charge on any atom is 0.389 e. The molecule has 0 bridgehead atoms. The molecule has 0 aliphatic rings. The van der Waals surface area contributed by atoms with Crippen LogP contribution in [0.3, 0.4) is 0 Å². The number of ether oxygens (including phenoxy) is 1. The zero-order valence-electron chi connectivity index (χ0n) is 25.3. The van der Waals surface area contributed by atoms with Gasteiger partial charge in [-0.15, -0.1) is 0 Å². The Morgan fingerprint density at radius 1 is 0.886 bits per heavy atom. The van der Waals surface area contributed by atoms with E-state index < -0.39 is 12.6 Å². The molecule has 9 heteroatoms. The first-order valence-electron chi connectivity index (χ1n) is 15.7. The highest BCUT2D eigenvalue weighted by Crippen LogP contribution is 2.36. The van der Waals surface area contributed by atoms with Crippen molar-refractivity contribution in [2.24, 2.45) is 0 Å². The number of H-pyrrole nitrogens is 1. The van der Waals surface area contributed by atoms with Gasteiger partial charge in [0.05, 0.1) is 33.7 Å². The van der Waals surface area contributed by atoms with Gasteiger partial charge < -0.3 is 9.72 Å². The fraction of sp³-hybridized carbons (Fsp3) is 0.429. The summed E-state index contributed by atoms with van der Waals surface area (Å²) in [5.41, 5.74) is 4.87. The van der Waals surface area contributed by atoms with E-state index in [-0.39, 0.29) is 18.2 Å². The van der Waals surface area contributed by atoms with Crippen LogP contribution in [0.1, 0.15) is 84.1 Å². The van der Waals surface area contributed by atoms with Gasteiger partial charge in [0.25, 0.3) is 0 Å². The molecule has 0 aliphatic carbocycles. The molecule has 5 rings (SSSR count). The second kappa shape index (κ2) is 14.1. The molecule has 1 N–H and O–H groups in total. The normalized spacial score (nSPS) is 12.2. The van der Waals surface area contributed by atoms with Crippen LogP contribution in [0.15, 0.2) is 59.4 Å². The van der Waals surface area contributed by atoms with Gasteiger partial charge in [-0.1, -0.05) is 81.8 Å². The first-order chi connectivity index (χ1) is 21.2. The zero-order valence-corrected chi connectivity index (χ0v) is 26.0. The van der Waals surface area contributed by atoms with Gasteiger partial charge in [-0.25, -0.2) is 9.78 Å². The third-order valence-corrected chi connectivity index (χ3v) is 8.78. The third-order valence-electron chi connectivity index (χ3n) is 8.40. The van der Waals surface area contributed by atoms with Gasteiger partial charge in [0.1, 0.15) is 5.75 Å². The van der Waals surface area contributed by atoms with Crippen LogP contribution in [-0.2, 0) is 0 Å². The highest BCUT2D eigenvalue weighted by molar-refractivity contribution is 6.38. The Balaban J connectivity index is 1.22. The molecule has 44 heavy (non-hydrogen) atoms. The van der Waals surface area contributed by atoms with E-state index in [0.29, 0.717) is 23.6 Å². The van der Waals surface area contributed by atoms with Crippen LogP contribution in [0, 0.1) is 0 Å². The van der Waals surface area contributed by atoms with Gasteiger partial charge in [0.2, 0.25) is 0 Å². The molecular weight excluding hydrogens is 587 g/mol. The number of imidazole rings is 1. The number of pyridine rings is 1. The SMILES string of the molecule is CCC(CC)n1c(=O)[nH]c2cc3nc4c(Cl)c(-c5ccc(OCCCCCCCCCC(F)(F)F)cc5)ccc4cc3cc21. The summed E-state index contributed by atoms with van der Waals surface area (Å²) in [4.78, 5) is 20.7. The standard InChI is InChI=1S/C35H39ClF3N3O2/c1-3-26(4-2)42-31-21-25-20-24-14-17-28(32(36)33(24)40-29(25)22-30(31)41-34(42)43)23-12-15-27(16-13-23)44-19-11-9-7-5-6-8-10-18-35(37,38)39/h12-17,20-22,26H,3-11,18-19H2,1-2H3,(H,41,43). The van der Waals surface area contributed by atoms with E-state index in [4.69, 9.17) is 21.3 Å². The van der Waals surface area contributed by atoms with E-state index in [2.05, 4.69) is 24.9 Å². The van der Waals surface area contributed by atoms with Crippen molar-refractivity contribution in [3.63, 3.8) is 0 Å². The number of aromatic nitrogens is 3. The van der Waals surface area contributed by atoms with Crippen LogP contribution in [0.4, 0.5) is 13.2 Å². The second-order valence-corrected chi connectivity index (χ2v) is 11.9.